The average Bonchev–Trinajstić information content (AvgIpc) is 1.89. The molecule has 0 heterocycles. The molecule has 0 aliphatic heterocycles. The Kier molecular flexibility index (Phi) is 36.2. The van der Waals surface area contributed by atoms with E-state index in [1.165, 1.54) is 0 Å². The van der Waals surface area contributed by atoms with Crippen LogP contribution in [0.2, 0.25) is 0 Å². The first-order valence-corrected chi connectivity index (χ1v) is 3.00. The van der Waals surface area contributed by atoms with Gasteiger partial charge in [-0.05, 0) is 6.92 Å². The fourth-order valence-electron chi connectivity index (χ4n) is 0.284. The second kappa shape index (κ2) is 18.5. The van der Waals surface area contributed by atoms with Crippen LogP contribution in [-0.4, -0.2) is 6.54 Å². The minimum absolute atomic E-state index is 0. The summed E-state index contributed by atoms with van der Waals surface area (Å²) in [4.78, 5) is 4.96. The van der Waals surface area contributed by atoms with Gasteiger partial charge in [-0.3, -0.25) is 0 Å². The molecule has 0 rings (SSSR count). The van der Waals surface area contributed by atoms with E-state index in [4.69, 9.17) is 4.84 Å². The van der Waals surface area contributed by atoms with Crippen molar-refractivity contribution in [2.75, 3.05) is 6.54 Å². The van der Waals surface area contributed by atoms with Crippen molar-refractivity contribution in [3.63, 3.8) is 0 Å². The molecule has 65 valence electrons. The summed E-state index contributed by atoms with van der Waals surface area (Å²) in [7, 11) is 0. The number of allylic oxidation sites excluding steroid dienone is 2. The maximum Gasteiger partial charge on any atom is 3.00 e. The summed E-state index contributed by atoms with van der Waals surface area (Å²) >= 11 is 0. The van der Waals surface area contributed by atoms with Crippen LogP contribution in [0, 0.1) is 19.9 Å². The van der Waals surface area contributed by atoms with Crippen molar-refractivity contribution < 1.29 is 70.3 Å². The summed E-state index contributed by atoms with van der Waals surface area (Å²) in [5.41, 5.74) is 2.73. The predicted molar refractivity (Wildman–Crippen MR) is 43.6 cm³/mol. The minimum atomic E-state index is 0. The first-order chi connectivity index (χ1) is 4.31. The molecule has 1 radical (unpaired) electrons. The van der Waals surface area contributed by atoms with Gasteiger partial charge in [0.05, 0.1) is 0 Å². The first-order valence-electron chi connectivity index (χ1n) is 3.00. The Bertz CT molecular complexity index is 97.1. The van der Waals surface area contributed by atoms with E-state index < -0.39 is 0 Å². The summed E-state index contributed by atoms with van der Waals surface area (Å²) in [6, 6.07) is 0. The van der Waals surface area contributed by atoms with Crippen molar-refractivity contribution in [3.05, 3.63) is 25.7 Å². The molecule has 2 nitrogen and oxygen atoms in total. The fraction of sp³-hybridized carbons (Fsp3) is 0.500. The monoisotopic (exact) mass is 320 g/mol. The van der Waals surface area contributed by atoms with Crippen molar-refractivity contribution in [1.82, 2.24) is 5.48 Å². The Balaban J connectivity index is -0.000000107. The van der Waals surface area contributed by atoms with Crippen molar-refractivity contribution in [3.8, 4) is 0 Å². The van der Waals surface area contributed by atoms with E-state index in [1.807, 2.05) is 27.2 Å². The number of hydroxylamine groups is 1. The maximum atomic E-state index is 4.96. The zero-order valence-corrected chi connectivity index (χ0v) is 14.0. The van der Waals surface area contributed by atoms with E-state index in [2.05, 4.69) is 11.6 Å². The van der Waals surface area contributed by atoms with Gasteiger partial charge in [-0.2, -0.15) is 19.3 Å². The van der Waals surface area contributed by atoms with E-state index >= 15 is 0 Å². The molecular weight excluding hydrogens is 304 g/mol. The molecule has 1 N–H and O–H groups in total. The van der Waals surface area contributed by atoms with Crippen molar-refractivity contribution in [2.45, 2.75) is 20.8 Å². The molecule has 0 aromatic carbocycles. The summed E-state index contributed by atoms with van der Waals surface area (Å²) in [6.07, 6.45) is 4.82. The van der Waals surface area contributed by atoms with Crippen molar-refractivity contribution >= 4 is 0 Å². The van der Waals surface area contributed by atoms with Crippen LogP contribution in [0.3, 0.4) is 0 Å². The molecule has 0 aliphatic rings. The van der Waals surface area contributed by atoms with Crippen molar-refractivity contribution in [1.29, 1.82) is 0 Å². The van der Waals surface area contributed by atoms with Crippen LogP contribution < -0.4 is 5.48 Å². The summed E-state index contributed by atoms with van der Waals surface area (Å²) in [6.45, 7) is 6.39. The Morgan fingerprint density at radius 3 is 2.42 bits per heavy atom. The van der Waals surface area contributed by atoms with Gasteiger partial charge in [-0.25, -0.2) is 0 Å². The van der Waals surface area contributed by atoms with Crippen LogP contribution in [0.25, 0.3) is 0 Å². The smallest absolute Gasteiger partial charge is 0.457 e. The molecule has 0 amide bonds. The third kappa shape index (κ3) is 17.7. The predicted octanol–water partition coefficient (Wildman–Crippen LogP) is 1.90. The topological polar surface area (TPSA) is 21.3 Å². The van der Waals surface area contributed by atoms with Gasteiger partial charge < -0.3 is 24.8 Å². The Morgan fingerprint density at radius 2 is 2.08 bits per heavy atom. The van der Waals surface area contributed by atoms with Gasteiger partial charge in [-0.15, -0.1) is 0 Å². The number of hydrogen-bond donors (Lipinski definition) is 1. The zero-order chi connectivity index (χ0) is 7.11. The molecule has 0 spiro atoms. The van der Waals surface area contributed by atoms with E-state index in [0.717, 1.165) is 12.3 Å². The molecular formula is C8H16NOY2. The number of rotatable bonds is 4. The fourth-order valence-corrected chi connectivity index (χ4v) is 0.284. The normalized spacial score (nSPS) is 8.75. The summed E-state index contributed by atoms with van der Waals surface area (Å²) in [5.74, 6) is 0.775. The van der Waals surface area contributed by atoms with Gasteiger partial charge in [0.25, 0.3) is 0 Å². The van der Waals surface area contributed by atoms with Crippen molar-refractivity contribution in [2.24, 2.45) is 0 Å². The van der Waals surface area contributed by atoms with Gasteiger partial charge in [0, 0.05) is 32.7 Å². The third-order valence-corrected chi connectivity index (χ3v) is 0.865. The molecule has 0 atom stereocenters. The molecule has 0 bridgehead atoms. The van der Waals surface area contributed by atoms with E-state index in [9.17, 15) is 0 Å². The molecule has 0 saturated heterocycles. The molecule has 0 saturated carbocycles. The Hall–Kier alpha value is 1.71. The van der Waals surface area contributed by atoms with Gasteiger partial charge in [0.1, 0.15) is 0 Å². The SMILES string of the molecule is C[C-]=C(C)ONC[CH-]C.[CH3-].[Y+3].[Y]. The summed E-state index contributed by atoms with van der Waals surface area (Å²) in [5, 5.41) is 0. The second-order valence-electron chi connectivity index (χ2n) is 1.66. The quantitative estimate of drug-likeness (QED) is 0.370. The first kappa shape index (κ1) is 23.5. The average molecular weight is 320 g/mol. The van der Waals surface area contributed by atoms with Gasteiger partial charge >= 0.3 is 32.7 Å². The van der Waals surface area contributed by atoms with Gasteiger partial charge in [-0.1, -0.05) is 12.3 Å². The van der Waals surface area contributed by atoms with Crippen LogP contribution in [0.15, 0.2) is 5.76 Å². The van der Waals surface area contributed by atoms with E-state index in [1.54, 1.807) is 0 Å². The molecule has 0 aromatic rings. The Morgan fingerprint density at radius 1 is 1.58 bits per heavy atom. The van der Waals surface area contributed by atoms with Crippen LogP contribution in [-0.2, 0) is 70.3 Å². The molecule has 12 heavy (non-hydrogen) atoms. The third-order valence-electron chi connectivity index (χ3n) is 0.865. The Labute approximate surface area is 127 Å². The molecule has 0 fully saturated rings. The second-order valence-corrected chi connectivity index (χ2v) is 1.66. The van der Waals surface area contributed by atoms with Crippen LogP contribution in [0.1, 0.15) is 20.8 Å². The van der Waals surface area contributed by atoms with Gasteiger partial charge in [0.2, 0.25) is 0 Å². The van der Waals surface area contributed by atoms with Crippen LogP contribution in [0.5, 0.6) is 0 Å². The molecule has 0 unspecified atom stereocenters. The number of hydrogen-bond acceptors (Lipinski definition) is 2. The standard InChI is InChI=1S/C7H13NO.CH3.2Y/c1-4-6-8-9-7(3)5-2;;;/h4,8H,6H2,1-3H3;1H3;;/q-2;-1;;+3. The van der Waals surface area contributed by atoms with E-state index in [0.29, 0.717) is 0 Å². The van der Waals surface area contributed by atoms with Gasteiger partial charge in [0.15, 0.2) is 0 Å². The molecule has 0 aliphatic carbocycles. The zero-order valence-electron chi connectivity index (χ0n) is 8.35. The molecule has 4 heteroatoms. The number of nitrogens with one attached hydrogen (secondary N) is 1. The van der Waals surface area contributed by atoms with Crippen LogP contribution >= 0.6 is 0 Å². The minimum Gasteiger partial charge on any atom is -0.457 e. The molecule has 0 aromatic heterocycles. The van der Waals surface area contributed by atoms with E-state index in [-0.39, 0.29) is 72.8 Å². The maximum absolute atomic E-state index is 4.96. The largest absolute Gasteiger partial charge is 3.00 e. The summed E-state index contributed by atoms with van der Waals surface area (Å²) < 4.78 is 0. The van der Waals surface area contributed by atoms with Crippen LogP contribution in [0.4, 0.5) is 0 Å².